The number of thioether (sulfide) groups is 1. The minimum atomic E-state index is -3.63. The summed E-state index contributed by atoms with van der Waals surface area (Å²) in [6.45, 7) is 8.02. The van der Waals surface area contributed by atoms with Gasteiger partial charge in [-0.15, -0.1) is 10.2 Å². The number of sulfonamides is 1. The van der Waals surface area contributed by atoms with E-state index in [1.165, 1.54) is 28.3 Å². The van der Waals surface area contributed by atoms with Gasteiger partial charge in [0.2, 0.25) is 15.9 Å². The third-order valence-corrected chi connectivity index (χ3v) is 8.04. The number of rotatable bonds is 9. The molecular formula is C21H27N5O4S2. The molecule has 0 radical (unpaired) electrons. The predicted octanol–water partition coefficient (Wildman–Crippen LogP) is 3.20. The molecule has 1 atom stereocenters. The van der Waals surface area contributed by atoms with Gasteiger partial charge in [0.25, 0.3) is 0 Å². The first-order chi connectivity index (χ1) is 15.2. The van der Waals surface area contributed by atoms with Crippen LogP contribution in [0.15, 0.2) is 46.6 Å². The molecule has 9 nitrogen and oxygen atoms in total. The fourth-order valence-electron chi connectivity index (χ4n) is 3.16. The molecule has 3 rings (SSSR count). The van der Waals surface area contributed by atoms with Crippen LogP contribution >= 0.6 is 11.8 Å². The molecule has 1 unspecified atom stereocenters. The van der Waals surface area contributed by atoms with Gasteiger partial charge in [0.05, 0.1) is 22.9 Å². The lowest BCUT2D eigenvalue weighted by molar-refractivity contribution is -0.115. The van der Waals surface area contributed by atoms with E-state index in [2.05, 4.69) is 15.5 Å². The van der Waals surface area contributed by atoms with Gasteiger partial charge in [-0.25, -0.2) is 8.42 Å². The van der Waals surface area contributed by atoms with Crippen LogP contribution in [-0.2, 0) is 14.8 Å². The molecule has 3 aromatic rings. The number of methoxy groups -OCH3 is 1. The highest BCUT2D eigenvalue weighted by Crippen LogP contribution is 2.28. The quantitative estimate of drug-likeness (QED) is 0.472. The molecule has 0 fully saturated rings. The number of ether oxygens (including phenoxy) is 1. The highest BCUT2D eigenvalue weighted by molar-refractivity contribution is 8.00. The van der Waals surface area contributed by atoms with Crippen LogP contribution in [0.25, 0.3) is 5.65 Å². The molecule has 1 aromatic carbocycles. The molecule has 0 bridgehead atoms. The molecule has 32 heavy (non-hydrogen) atoms. The molecule has 0 aliphatic carbocycles. The maximum absolute atomic E-state index is 12.9. The second-order valence-corrected chi connectivity index (χ2v) is 10.4. The first-order valence-corrected chi connectivity index (χ1v) is 12.5. The van der Waals surface area contributed by atoms with Gasteiger partial charge in [0, 0.05) is 19.3 Å². The molecule has 172 valence electrons. The van der Waals surface area contributed by atoms with E-state index in [1.54, 1.807) is 44.4 Å². The van der Waals surface area contributed by atoms with Crippen molar-refractivity contribution in [2.45, 2.75) is 43.0 Å². The van der Waals surface area contributed by atoms with E-state index in [-0.39, 0.29) is 10.8 Å². The third kappa shape index (κ3) is 4.89. The minimum absolute atomic E-state index is 0.150. The summed E-state index contributed by atoms with van der Waals surface area (Å²) in [5.74, 6) is 0.336. The van der Waals surface area contributed by atoms with Crippen molar-refractivity contribution in [1.29, 1.82) is 0 Å². The lowest BCUT2D eigenvalue weighted by Crippen LogP contribution is -2.30. The molecule has 2 aromatic heterocycles. The Morgan fingerprint density at radius 1 is 1.22 bits per heavy atom. The van der Waals surface area contributed by atoms with Crippen molar-refractivity contribution < 1.29 is 17.9 Å². The zero-order chi connectivity index (χ0) is 23.5. The Labute approximate surface area is 192 Å². The number of hydrogen-bond donors (Lipinski definition) is 1. The average Bonchev–Trinajstić information content (AvgIpc) is 3.16. The first kappa shape index (κ1) is 24.0. The number of fused-ring (bicyclic) bond motifs is 1. The van der Waals surface area contributed by atoms with Crippen molar-refractivity contribution >= 4 is 39.0 Å². The van der Waals surface area contributed by atoms with E-state index in [4.69, 9.17) is 4.74 Å². The van der Waals surface area contributed by atoms with Crippen LogP contribution in [0.4, 0.5) is 5.69 Å². The minimum Gasteiger partial charge on any atom is -0.495 e. The number of carbonyl (C=O) groups excluding carboxylic acids is 1. The van der Waals surface area contributed by atoms with Crippen LogP contribution in [0.1, 0.15) is 26.3 Å². The standard InChI is InChI=1S/C21H27N5O4S2/c1-6-25(7-2)32(28,29)16-9-11-19-23-24-21(26(19)13-16)31-15(4)20(27)22-17-12-14(3)8-10-18(17)30-5/h8-13,15H,6-7H2,1-5H3,(H,22,27). The molecule has 0 saturated carbocycles. The Kier molecular flexibility index (Phi) is 7.42. The van der Waals surface area contributed by atoms with E-state index in [0.717, 1.165) is 5.56 Å². The normalized spacial score (nSPS) is 12.8. The lowest BCUT2D eigenvalue weighted by Gasteiger charge is -2.18. The van der Waals surface area contributed by atoms with Crippen LogP contribution in [0.2, 0.25) is 0 Å². The Balaban J connectivity index is 1.84. The number of aryl methyl sites for hydroxylation is 1. The van der Waals surface area contributed by atoms with Crippen LogP contribution in [0, 0.1) is 6.92 Å². The van der Waals surface area contributed by atoms with Crippen molar-refractivity contribution in [2.75, 3.05) is 25.5 Å². The third-order valence-electron chi connectivity index (χ3n) is 4.95. The van der Waals surface area contributed by atoms with E-state index < -0.39 is 15.3 Å². The second-order valence-electron chi connectivity index (χ2n) is 7.12. The summed E-state index contributed by atoms with van der Waals surface area (Å²) in [6.07, 6.45) is 1.50. The Hall–Kier alpha value is -2.63. The van der Waals surface area contributed by atoms with Crippen LogP contribution < -0.4 is 10.1 Å². The molecular weight excluding hydrogens is 450 g/mol. The number of hydrogen-bond acceptors (Lipinski definition) is 7. The van der Waals surface area contributed by atoms with Gasteiger partial charge >= 0.3 is 0 Å². The number of benzene rings is 1. The molecule has 11 heteroatoms. The van der Waals surface area contributed by atoms with Crippen molar-refractivity contribution in [1.82, 2.24) is 18.9 Å². The summed E-state index contributed by atoms with van der Waals surface area (Å²) in [5.41, 5.74) is 2.08. The Bertz CT molecular complexity index is 1220. The Morgan fingerprint density at radius 3 is 2.59 bits per heavy atom. The Morgan fingerprint density at radius 2 is 1.94 bits per heavy atom. The van der Waals surface area contributed by atoms with Crippen molar-refractivity contribution in [3.63, 3.8) is 0 Å². The topological polar surface area (TPSA) is 106 Å². The molecule has 2 heterocycles. The number of carbonyl (C=O) groups is 1. The average molecular weight is 478 g/mol. The fourth-order valence-corrected chi connectivity index (χ4v) is 5.45. The SMILES string of the molecule is CCN(CC)S(=O)(=O)c1ccc2nnc(SC(C)C(=O)Nc3cc(C)ccc3OC)n2c1. The number of nitrogens with zero attached hydrogens (tertiary/aromatic N) is 4. The van der Waals surface area contributed by atoms with Crippen molar-refractivity contribution in [3.8, 4) is 5.75 Å². The van der Waals surface area contributed by atoms with Crippen LogP contribution in [0.5, 0.6) is 5.75 Å². The summed E-state index contributed by atoms with van der Waals surface area (Å²) < 4.78 is 34.1. The van der Waals surface area contributed by atoms with Gasteiger partial charge in [-0.2, -0.15) is 4.31 Å². The molecule has 0 aliphatic heterocycles. The van der Waals surface area contributed by atoms with Crippen LogP contribution in [-0.4, -0.2) is 58.7 Å². The summed E-state index contributed by atoms with van der Waals surface area (Å²) in [4.78, 5) is 12.9. The molecule has 0 aliphatic rings. The highest BCUT2D eigenvalue weighted by Gasteiger charge is 2.24. The maximum Gasteiger partial charge on any atom is 0.244 e. The van der Waals surface area contributed by atoms with Gasteiger partial charge in [0.1, 0.15) is 5.75 Å². The largest absolute Gasteiger partial charge is 0.495 e. The monoisotopic (exact) mass is 477 g/mol. The first-order valence-electron chi connectivity index (χ1n) is 10.2. The summed E-state index contributed by atoms with van der Waals surface area (Å²) in [7, 11) is -2.08. The number of aromatic nitrogens is 3. The van der Waals surface area contributed by atoms with Gasteiger partial charge in [-0.05, 0) is 43.7 Å². The smallest absolute Gasteiger partial charge is 0.244 e. The lowest BCUT2D eigenvalue weighted by atomic mass is 10.2. The zero-order valence-electron chi connectivity index (χ0n) is 18.7. The van der Waals surface area contributed by atoms with E-state index >= 15 is 0 Å². The van der Waals surface area contributed by atoms with Gasteiger partial charge < -0.3 is 10.1 Å². The van der Waals surface area contributed by atoms with E-state index in [9.17, 15) is 13.2 Å². The van der Waals surface area contributed by atoms with Gasteiger partial charge in [-0.1, -0.05) is 31.7 Å². The van der Waals surface area contributed by atoms with E-state index in [0.29, 0.717) is 35.3 Å². The second kappa shape index (κ2) is 9.88. The number of pyridine rings is 1. The summed E-state index contributed by atoms with van der Waals surface area (Å²) in [5, 5.41) is 11.0. The summed E-state index contributed by atoms with van der Waals surface area (Å²) in [6, 6.07) is 8.67. The highest BCUT2D eigenvalue weighted by atomic mass is 32.2. The predicted molar refractivity (Wildman–Crippen MR) is 125 cm³/mol. The molecule has 0 spiro atoms. The van der Waals surface area contributed by atoms with Crippen LogP contribution in [0.3, 0.4) is 0 Å². The molecule has 0 saturated heterocycles. The fraction of sp³-hybridized carbons (Fsp3) is 0.381. The van der Waals surface area contributed by atoms with E-state index in [1.807, 2.05) is 19.1 Å². The van der Waals surface area contributed by atoms with Crippen molar-refractivity contribution in [3.05, 3.63) is 42.1 Å². The van der Waals surface area contributed by atoms with Gasteiger partial charge in [0.15, 0.2) is 10.8 Å². The maximum atomic E-state index is 12.9. The molecule has 1 N–H and O–H groups in total. The number of amides is 1. The molecule has 1 amide bonds. The number of anilines is 1. The van der Waals surface area contributed by atoms with Crippen molar-refractivity contribution in [2.24, 2.45) is 0 Å². The van der Waals surface area contributed by atoms with Gasteiger partial charge in [-0.3, -0.25) is 9.20 Å². The zero-order valence-corrected chi connectivity index (χ0v) is 20.3. The number of nitrogens with one attached hydrogen (secondary N) is 1. The summed E-state index contributed by atoms with van der Waals surface area (Å²) >= 11 is 1.19.